The lowest BCUT2D eigenvalue weighted by atomic mass is 9.94. The molecule has 0 spiro atoms. The van der Waals surface area contributed by atoms with Gasteiger partial charge in [-0.3, -0.25) is 0 Å². The van der Waals surface area contributed by atoms with Gasteiger partial charge in [0.05, 0.1) is 11.7 Å². The molecule has 0 aliphatic carbocycles. The Bertz CT molecular complexity index is 1270. The summed E-state index contributed by atoms with van der Waals surface area (Å²) in [5, 5.41) is 4.78. The van der Waals surface area contributed by atoms with Gasteiger partial charge >= 0.3 is 0 Å². The van der Waals surface area contributed by atoms with E-state index in [1.165, 1.54) is 0 Å². The molecule has 0 unspecified atom stereocenters. The number of hydrogen-bond acceptors (Lipinski definition) is 5. The Hall–Kier alpha value is -2.61. The fraction of sp³-hybridized carbons (Fsp3) is 0.190. The molecule has 6 nitrogen and oxygen atoms in total. The largest absolute Gasteiger partial charge is 0.443 e. The molecule has 0 saturated heterocycles. The molecule has 150 valence electrons. The first-order chi connectivity index (χ1) is 13.7. The highest BCUT2D eigenvalue weighted by Crippen LogP contribution is 2.32. The molecule has 0 fully saturated rings. The highest BCUT2D eigenvalue weighted by molar-refractivity contribution is 7.89. The lowest BCUT2D eigenvalue weighted by Crippen LogP contribution is -2.40. The standard InChI is InChI=1S/C21H19ClN2O4S/c1-13-17-12-16(22)8-9-19(17)27-20(13)29(25,26)24-21(2,3)15-6-4-14(5-7-15)18-10-11-23-28-18/h4-12,24H,1-3H3. The van der Waals surface area contributed by atoms with Crippen LogP contribution in [0.15, 0.2) is 68.8 Å². The van der Waals surface area contributed by atoms with Crippen molar-refractivity contribution in [1.82, 2.24) is 9.88 Å². The third-order valence-electron chi connectivity index (χ3n) is 4.82. The summed E-state index contributed by atoms with van der Waals surface area (Å²) in [6.07, 6.45) is 1.57. The molecule has 8 heteroatoms. The van der Waals surface area contributed by atoms with Gasteiger partial charge in [0, 0.05) is 27.6 Å². The smallest absolute Gasteiger partial charge is 0.275 e. The summed E-state index contributed by atoms with van der Waals surface area (Å²) in [5.74, 6) is 0.645. The first kappa shape index (κ1) is 19.7. The zero-order valence-electron chi connectivity index (χ0n) is 16.1. The van der Waals surface area contributed by atoms with Gasteiger partial charge in [0.15, 0.2) is 5.76 Å². The molecule has 0 saturated carbocycles. The number of nitrogens with zero attached hydrogens (tertiary/aromatic N) is 1. The molecule has 4 aromatic rings. The van der Waals surface area contributed by atoms with Crippen molar-refractivity contribution in [2.24, 2.45) is 0 Å². The molecule has 29 heavy (non-hydrogen) atoms. The van der Waals surface area contributed by atoms with E-state index in [0.717, 1.165) is 11.1 Å². The van der Waals surface area contributed by atoms with E-state index in [1.807, 2.05) is 24.3 Å². The Morgan fingerprint density at radius 3 is 2.45 bits per heavy atom. The Morgan fingerprint density at radius 1 is 1.07 bits per heavy atom. The molecular weight excluding hydrogens is 412 g/mol. The number of furan rings is 1. The Labute approximate surface area is 173 Å². The van der Waals surface area contributed by atoms with Crippen molar-refractivity contribution < 1.29 is 17.4 Å². The van der Waals surface area contributed by atoms with Crippen LogP contribution in [-0.4, -0.2) is 13.6 Å². The minimum Gasteiger partial charge on any atom is -0.443 e. The minimum atomic E-state index is -3.91. The maximum Gasteiger partial charge on any atom is 0.275 e. The van der Waals surface area contributed by atoms with Gasteiger partial charge in [-0.1, -0.05) is 41.0 Å². The number of rotatable bonds is 5. The number of aryl methyl sites for hydroxylation is 1. The molecule has 0 aliphatic heterocycles. The second kappa shape index (κ2) is 7.02. The Kier molecular flexibility index (Phi) is 4.77. The van der Waals surface area contributed by atoms with Gasteiger partial charge < -0.3 is 8.94 Å². The van der Waals surface area contributed by atoms with Gasteiger partial charge in [-0.05, 0) is 44.5 Å². The van der Waals surface area contributed by atoms with Crippen LogP contribution in [0.5, 0.6) is 0 Å². The third kappa shape index (κ3) is 3.69. The van der Waals surface area contributed by atoms with Gasteiger partial charge in [-0.2, -0.15) is 4.72 Å². The molecule has 0 radical (unpaired) electrons. The van der Waals surface area contributed by atoms with Crippen LogP contribution in [0, 0.1) is 6.92 Å². The normalized spacial score (nSPS) is 12.6. The van der Waals surface area contributed by atoms with Crippen LogP contribution in [0.4, 0.5) is 0 Å². The van der Waals surface area contributed by atoms with Crippen LogP contribution in [-0.2, 0) is 15.6 Å². The summed E-state index contributed by atoms with van der Waals surface area (Å²) in [6, 6.07) is 14.2. The molecular formula is C21H19ClN2O4S. The van der Waals surface area contributed by atoms with Crippen LogP contribution in [0.1, 0.15) is 25.0 Å². The second-order valence-electron chi connectivity index (χ2n) is 7.34. The summed E-state index contributed by atoms with van der Waals surface area (Å²) in [7, 11) is -3.91. The average molecular weight is 431 g/mol. The molecule has 0 atom stereocenters. The number of halogens is 1. The topological polar surface area (TPSA) is 85.3 Å². The van der Waals surface area contributed by atoms with E-state index in [2.05, 4.69) is 9.88 Å². The van der Waals surface area contributed by atoms with Gasteiger partial charge in [0.1, 0.15) is 5.58 Å². The van der Waals surface area contributed by atoms with Crippen LogP contribution in [0.3, 0.4) is 0 Å². The average Bonchev–Trinajstić information content (AvgIpc) is 3.30. The first-order valence-corrected chi connectivity index (χ1v) is 10.8. The molecule has 2 heterocycles. The van der Waals surface area contributed by atoms with Crippen molar-refractivity contribution in [2.75, 3.05) is 0 Å². The van der Waals surface area contributed by atoms with Crippen molar-refractivity contribution >= 4 is 32.6 Å². The molecule has 0 aliphatic rings. The monoisotopic (exact) mass is 430 g/mol. The Balaban J connectivity index is 1.65. The van der Waals surface area contributed by atoms with Crippen LogP contribution in [0.2, 0.25) is 5.02 Å². The van der Waals surface area contributed by atoms with Gasteiger partial charge in [0.2, 0.25) is 5.09 Å². The zero-order valence-corrected chi connectivity index (χ0v) is 17.6. The van der Waals surface area contributed by atoms with Crippen molar-refractivity contribution in [3.63, 3.8) is 0 Å². The van der Waals surface area contributed by atoms with E-state index in [1.54, 1.807) is 51.2 Å². The minimum absolute atomic E-state index is 0.110. The predicted molar refractivity (Wildman–Crippen MR) is 111 cm³/mol. The van der Waals surface area contributed by atoms with Crippen molar-refractivity contribution in [3.8, 4) is 11.3 Å². The van der Waals surface area contributed by atoms with E-state index < -0.39 is 15.6 Å². The molecule has 0 bridgehead atoms. The van der Waals surface area contributed by atoms with E-state index in [4.69, 9.17) is 20.5 Å². The summed E-state index contributed by atoms with van der Waals surface area (Å²) in [4.78, 5) is 0. The van der Waals surface area contributed by atoms with Crippen molar-refractivity contribution in [2.45, 2.75) is 31.4 Å². The fourth-order valence-corrected chi connectivity index (χ4v) is 5.05. The maximum absolute atomic E-state index is 13.1. The predicted octanol–water partition coefficient (Wildman–Crippen LogP) is 5.26. The molecule has 2 aromatic carbocycles. The molecule has 2 aromatic heterocycles. The van der Waals surface area contributed by atoms with E-state index in [0.29, 0.717) is 27.3 Å². The molecule has 4 rings (SSSR count). The number of benzene rings is 2. The number of fused-ring (bicyclic) bond motifs is 1. The van der Waals surface area contributed by atoms with E-state index >= 15 is 0 Å². The van der Waals surface area contributed by atoms with Gasteiger partial charge in [-0.15, -0.1) is 0 Å². The van der Waals surface area contributed by atoms with Crippen molar-refractivity contribution in [3.05, 3.63) is 70.9 Å². The number of aromatic nitrogens is 1. The molecule has 1 N–H and O–H groups in total. The zero-order chi connectivity index (χ0) is 20.8. The summed E-state index contributed by atoms with van der Waals surface area (Å²) in [5.41, 5.74) is 1.77. The number of sulfonamides is 1. The fourth-order valence-electron chi connectivity index (χ4n) is 3.28. The third-order valence-corrected chi connectivity index (χ3v) is 6.71. The lowest BCUT2D eigenvalue weighted by molar-refractivity contribution is 0.431. The highest BCUT2D eigenvalue weighted by Gasteiger charge is 2.32. The van der Waals surface area contributed by atoms with Crippen LogP contribution in [0.25, 0.3) is 22.3 Å². The van der Waals surface area contributed by atoms with Crippen LogP contribution >= 0.6 is 11.6 Å². The lowest BCUT2D eigenvalue weighted by Gasteiger charge is -2.26. The van der Waals surface area contributed by atoms with Gasteiger partial charge in [0.25, 0.3) is 10.0 Å². The first-order valence-electron chi connectivity index (χ1n) is 8.92. The maximum atomic E-state index is 13.1. The van der Waals surface area contributed by atoms with Crippen LogP contribution < -0.4 is 4.72 Å². The SMILES string of the molecule is Cc1c(S(=O)(=O)NC(C)(C)c2ccc(-c3ccno3)cc2)oc2ccc(Cl)cc12. The molecule has 0 amide bonds. The summed E-state index contributed by atoms with van der Waals surface area (Å²) < 4.78 is 39.7. The Morgan fingerprint density at radius 2 is 1.79 bits per heavy atom. The summed E-state index contributed by atoms with van der Waals surface area (Å²) >= 11 is 6.03. The quantitative estimate of drug-likeness (QED) is 0.466. The van der Waals surface area contributed by atoms with E-state index in [9.17, 15) is 8.42 Å². The second-order valence-corrected chi connectivity index (χ2v) is 9.36. The van der Waals surface area contributed by atoms with Crippen molar-refractivity contribution in [1.29, 1.82) is 0 Å². The van der Waals surface area contributed by atoms with E-state index in [-0.39, 0.29) is 5.09 Å². The number of nitrogens with one attached hydrogen (secondary N) is 1. The van der Waals surface area contributed by atoms with Gasteiger partial charge in [-0.25, -0.2) is 8.42 Å². The summed E-state index contributed by atoms with van der Waals surface area (Å²) in [6.45, 7) is 5.29. The number of hydrogen-bond donors (Lipinski definition) is 1. The highest BCUT2D eigenvalue weighted by atomic mass is 35.5.